The zero-order valence-corrected chi connectivity index (χ0v) is 22.6. The number of rotatable bonds is 5. The molecule has 0 saturated heterocycles. The molecule has 11 heteroatoms. The third-order valence-corrected chi connectivity index (χ3v) is 8.73. The molecule has 3 aromatic rings. The summed E-state index contributed by atoms with van der Waals surface area (Å²) >= 11 is 18.3. The van der Waals surface area contributed by atoms with E-state index in [0.717, 1.165) is 9.87 Å². The number of halogens is 3. The minimum absolute atomic E-state index is 0.0175. The molecule has 0 spiro atoms. The number of carbonyl (C=O) groups is 2. The lowest BCUT2D eigenvalue weighted by Crippen LogP contribution is -2.52. The van der Waals surface area contributed by atoms with Crippen molar-refractivity contribution in [1.82, 2.24) is 0 Å². The third kappa shape index (κ3) is 5.04. The van der Waals surface area contributed by atoms with Gasteiger partial charge in [0.25, 0.3) is 10.0 Å². The Labute approximate surface area is 224 Å². The van der Waals surface area contributed by atoms with E-state index >= 15 is 0 Å². The van der Waals surface area contributed by atoms with E-state index < -0.39 is 34.3 Å². The van der Waals surface area contributed by atoms with Crippen molar-refractivity contribution in [2.45, 2.75) is 38.1 Å². The first-order valence-electron chi connectivity index (χ1n) is 10.9. The van der Waals surface area contributed by atoms with Gasteiger partial charge < -0.3 is 10.6 Å². The number of nitrogens with one attached hydrogen (secondary N) is 2. The maximum Gasteiger partial charge on any atom is 0.265 e. The zero-order valence-electron chi connectivity index (χ0n) is 19.5. The van der Waals surface area contributed by atoms with E-state index in [1.54, 1.807) is 45.0 Å². The molecule has 3 aromatic carbocycles. The van der Waals surface area contributed by atoms with Gasteiger partial charge in [-0.3, -0.25) is 13.9 Å². The number of sulfonamides is 1. The molecule has 36 heavy (non-hydrogen) atoms. The van der Waals surface area contributed by atoms with Crippen LogP contribution >= 0.6 is 34.8 Å². The molecule has 1 unspecified atom stereocenters. The largest absolute Gasteiger partial charge is 0.326 e. The van der Waals surface area contributed by atoms with Crippen LogP contribution in [0.1, 0.15) is 23.1 Å². The summed E-state index contributed by atoms with van der Waals surface area (Å²) in [6, 6.07) is 11.2. The molecule has 7 nitrogen and oxygen atoms in total. The summed E-state index contributed by atoms with van der Waals surface area (Å²) in [5, 5.41) is 6.57. The normalized spacial score (nSPS) is 15.3. The van der Waals surface area contributed by atoms with Crippen LogP contribution in [0.15, 0.2) is 53.4 Å². The molecule has 0 bridgehead atoms. The second-order valence-corrected chi connectivity index (χ2v) is 11.6. The summed E-state index contributed by atoms with van der Waals surface area (Å²) in [5.74, 6) is -1.21. The predicted octanol–water partition coefficient (Wildman–Crippen LogP) is 6.12. The topological polar surface area (TPSA) is 95.6 Å². The van der Waals surface area contributed by atoms with E-state index in [4.69, 9.17) is 34.8 Å². The molecule has 4 rings (SSSR count). The molecule has 0 fully saturated rings. The maximum absolute atomic E-state index is 14.0. The number of benzene rings is 3. The van der Waals surface area contributed by atoms with Gasteiger partial charge in [0.1, 0.15) is 6.04 Å². The number of nitrogens with zero attached hydrogens (tertiary/aromatic N) is 1. The van der Waals surface area contributed by atoms with E-state index in [1.807, 2.05) is 0 Å². The van der Waals surface area contributed by atoms with E-state index in [0.29, 0.717) is 31.9 Å². The molecule has 0 saturated carbocycles. The highest BCUT2D eigenvalue weighted by Gasteiger charge is 2.42. The Balaban J connectivity index is 1.79. The lowest BCUT2D eigenvalue weighted by molar-refractivity contribution is -0.122. The van der Waals surface area contributed by atoms with Gasteiger partial charge >= 0.3 is 0 Å². The molecular formula is C25H22Cl3N3O4S. The van der Waals surface area contributed by atoms with Crippen LogP contribution in [-0.2, 0) is 19.6 Å². The van der Waals surface area contributed by atoms with Crippen molar-refractivity contribution < 1.29 is 18.0 Å². The molecule has 0 aliphatic carbocycles. The van der Waals surface area contributed by atoms with E-state index in [1.165, 1.54) is 24.3 Å². The molecule has 1 aliphatic rings. The van der Waals surface area contributed by atoms with Crippen LogP contribution in [0, 0.1) is 20.8 Å². The molecule has 2 N–H and O–H groups in total. The molecule has 2 amide bonds. The van der Waals surface area contributed by atoms with Crippen molar-refractivity contribution in [3.63, 3.8) is 0 Å². The molecule has 1 atom stereocenters. The van der Waals surface area contributed by atoms with Crippen LogP contribution in [0.5, 0.6) is 0 Å². The van der Waals surface area contributed by atoms with Crippen molar-refractivity contribution in [2.75, 3.05) is 14.9 Å². The van der Waals surface area contributed by atoms with Gasteiger partial charge in [-0.2, -0.15) is 0 Å². The first kappa shape index (κ1) is 26.3. The number of amides is 2. The first-order valence-corrected chi connectivity index (χ1v) is 13.4. The van der Waals surface area contributed by atoms with Crippen LogP contribution < -0.4 is 14.9 Å². The quantitative estimate of drug-likeness (QED) is 0.389. The smallest absolute Gasteiger partial charge is 0.265 e. The Morgan fingerprint density at radius 1 is 0.944 bits per heavy atom. The summed E-state index contributed by atoms with van der Waals surface area (Å²) in [6.45, 7) is 5.10. The number of hydrogen-bond donors (Lipinski definition) is 2. The van der Waals surface area contributed by atoms with Crippen molar-refractivity contribution in [2.24, 2.45) is 0 Å². The van der Waals surface area contributed by atoms with Gasteiger partial charge in [-0.25, -0.2) is 8.42 Å². The molecule has 0 aromatic heterocycles. The van der Waals surface area contributed by atoms with Crippen molar-refractivity contribution in [1.29, 1.82) is 0 Å². The standard InChI is InChI=1S/C25H22Cl3N3O4S/c1-13-4-5-16(26)10-19(13)29-24(32)12-22-25(33)30-20-11-17(27)6-7-21(20)31(22)36(34,35)23-9-14(2)18(28)8-15(23)3/h4-11,22H,12H2,1-3H3,(H,29,32)(H,30,33). The Hall–Kier alpha value is -2.78. The van der Waals surface area contributed by atoms with Gasteiger partial charge in [0, 0.05) is 20.8 Å². The summed E-state index contributed by atoms with van der Waals surface area (Å²) in [7, 11) is -4.30. The predicted molar refractivity (Wildman–Crippen MR) is 144 cm³/mol. The van der Waals surface area contributed by atoms with Crippen LogP contribution in [0.3, 0.4) is 0 Å². The molecule has 1 heterocycles. The maximum atomic E-state index is 14.0. The highest BCUT2D eigenvalue weighted by Crippen LogP contribution is 2.40. The Bertz CT molecular complexity index is 1510. The van der Waals surface area contributed by atoms with E-state index in [2.05, 4.69) is 10.6 Å². The fraction of sp³-hybridized carbons (Fsp3) is 0.200. The third-order valence-electron chi connectivity index (χ3n) is 5.89. The van der Waals surface area contributed by atoms with Crippen LogP contribution in [0.25, 0.3) is 0 Å². The first-order chi connectivity index (χ1) is 16.9. The number of aryl methyl sites for hydroxylation is 3. The summed E-state index contributed by atoms with van der Waals surface area (Å²) < 4.78 is 29.1. The Kier molecular flexibility index (Phi) is 7.26. The van der Waals surface area contributed by atoms with Crippen molar-refractivity contribution >= 4 is 73.7 Å². The van der Waals surface area contributed by atoms with Crippen LogP contribution in [0.2, 0.25) is 15.1 Å². The second kappa shape index (κ2) is 9.94. The van der Waals surface area contributed by atoms with E-state index in [-0.39, 0.29) is 16.3 Å². The molecule has 0 radical (unpaired) electrons. The highest BCUT2D eigenvalue weighted by atomic mass is 35.5. The van der Waals surface area contributed by atoms with Gasteiger partial charge in [0.05, 0.1) is 22.7 Å². The average molecular weight is 567 g/mol. The van der Waals surface area contributed by atoms with Gasteiger partial charge in [-0.05, 0) is 79.9 Å². The van der Waals surface area contributed by atoms with Gasteiger partial charge in [0.2, 0.25) is 11.8 Å². The van der Waals surface area contributed by atoms with E-state index in [9.17, 15) is 18.0 Å². The van der Waals surface area contributed by atoms with Crippen LogP contribution in [-0.4, -0.2) is 26.3 Å². The zero-order chi connectivity index (χ0) is 26.4. The molecule has 1 aliphatic heterocycles. The van der Waals surface area contributed by atoms with Gasteiger partial charge in [0.15, 0.2) is 0 Å². The van der Waals surface area contributed by atoms with Gasteiger partial charge in [-0.15, -0.1) is 0 Å². The molecule has 188 valence electrons. The van der Waals surface area contributed by atoms with Crippen molar-refractivity contribution in [3.8, 4) is 0 Å². The monoisotopic (exact) mass is 565 g/mol. The molecular weight excluding hydrogens is 545 g/mol. The summed E-state index contributed by atoms with van der Waals surface area (Å²) in [6.07, 6.45) is -0.440. The number of hydrogen-bond acceptors (Lipinski definition) is 4. The Morgan fingerprint density at radius 2 is 1.61 bits per heavy atom. The Morgan fingerprint density at radius 3 is 2.33 bits per heavy atom. The number of fused-ring (bicyclic) bond motifs is 1. The fourth-order valence-electron chi connectivity index (χ4n) is 4.01. The lowest BCUT2D eigenvalue weighted by Gasteiger charge is -2.37. The summed E-state index contributed by atoms with van der Waals surface area (Å²) in [4.78, 5) is 26.2. The second-order valence-electron chi connectivity index (χ2n) is 8.55. The van der Waals surface area contributed by atoms with Gasteiger partial charge in [-0.1, -0.05) is 40.9 Å². The number of carbonyl (C=O) groups excluding carboxylic acids is 2. The SMILES string of the molecule is Cc1cc(S(=O)(=O)N2c3ccc(Cl)cc3NC(=O)C2CC(=O)Nc2cc(Cl)ccc2C)c(C)cc1Cl. The minimum Gasteiger partial charge on any atom is -0.326 e. The lowest BCUT2D eigenvalue weighted by atomic mass is 10.1. The summed E-state index contributed by atoms with van der Waals surface area (Å²) in [5.41, 5.74) is 2.62. The number of anilines is 3. The fourth-order valence-corrected chi connectivity index (χ4v) is 6.50. The van der Waals surface area contributed by atoms with Crippen LogP contribution in [0.4, 0.5) is 17.1 Å². The average Bonchev–Trinajstić information content (AvgIpc) is 2.79. The minimum atomic E-state index is -4.30. The highest BCUT2D eigenvalue weighted by molar-refractivity contribution is 7.93. The van der Waals surface area contributed by atoms with Crippen molar-refractivity contribution in [3.05, 3.63) is 80.3 Å².